The Morgan fingerprint density at radius 3 is 2.84 bits per heavy atom. The normalized spacial score (nSPS) is 24.3. The van der Waals surface area contributed by atoms with Crippen molar-refractivity contribution < 1.29 is 19.1 Å². The van der Waals surface area contributed by atoms with Crippen molar-refractivity contribution >= 4 is 30.0 Å². The Kier molecular flexibility index (Phi) is 7.11. The van der Waals surface area contributed by atoms with Gasteiger partial charge in [0.05, 0.1) is 19.7 Å². The van der Waals surface area contributed by atoms with Gasteiger partial charge in [-0.15, -0.1) is 6.42 Å². The van der Waals surface area contributed by atoms with Gasteiger partial charge in [0.2, 0.25) is 18.2 Å². The Bertz CT molecular complexity index is 553. The van der Waals surface area contributed by atoms with Gasteiger partial charge in [-0.25, -0.2) is 5.01 Å². The fourth-order valence-corrected chi connectivity index (χ4v) is 3.66. The summed E-state index contributed by atoms with van der Waals surface area (Å²) in [5, 5.41) is 3.07. The number of likely N-dealkylation sites (N-methyl/N-ethyl adjacent to an activating group) is 1. The highest BCUT2D eigenvalue weighted by atomic mass is 32.2. The summed E-state index contributed by atoms with van der Waals surface area (Å²) in [5.74, 6) is 2.91. The maximum atomic E-state index is 12.9. The average Bonchev–Trinajstić information content (AvgIpc) is 2.59. The Hall–Kier alpha value is -1.76. The molecule has 2 fully saturated rings. The van der Waals surface area contributed by atoms with E-state index >= 15 is 0 Å². The molecule has 0 radical (unpaired) electrons. The van der Waals surface area contributed by atoms with Gasteiger partial charge in [0.25, 0.3) is 0 Å². The van der Waals surface area contributed by atoms with Gasteiger partial charge in [0, 0.05) is 13.6 Å². The van der Waals surface area contributed by atoms with Crippen molar-refractivity contribution in [3.05, 3.63) is 0 Å². The van der Waals surface area contributed by atoms with Gasteiger partial charge in [-0.3, -0.25) is 19.4 Å². The number of amides is 3. The number of carbonyl (C=O) groups is 3. The first kappa shape index (κ1) is 19.6. The third-order valence-electron chi connectivity index (χ3n) is 4.38. The van der Waals surface area contributed by atoms with Crippen LogP contribution in [0.5, 0.6) is 0 Å². The van der Waals surface area contributed by atoms with E-state index in [0.717, 1.165) is 5.75 Å². The number of thioether (sulfide) groups is 1. The van der Waals surface area contributed by atoms with E-state index in [9.17, 15) is 14.4 Å². The molecule has 2 aliphatic rings. The summed E-state index contributed by atoms with van der Waals surface area (Å²) < 4.78 is 5.27. The maximum Gasteiger partial charge on any atom is 0.245 e. The molecule has 0 aromatic carbocycles. The van der Waals surface area contributed by atoms with E-state index in [2.05, 4.69) is 5.92 Å². The van der Waals surface area contributed by atoms with Crippen molar-refractivity contribution in [1.29, 1.82) is 0 Å². The Morgan fingerprint density at radius 1 is 1.44 bits per heavy atom. The highest BCUT2D eigenvalue weighted by molar-refractivity contribution is 7.98. The van der Waals surface area contributed by atoms with Crippen molar-refractivity contribution in [2.24, 2.45) is 0 Å². The largest absolute Gasteiger partial charge is 0.367 e. The number of fused-ring (bicyclic) bond motifs is 1. The number of ether oxygens (including phenoxy) is 1. The molecule has 0 saturated carbocycles. The fourth-order valence-electron chi connectivity index (χ4n) is 3.20. The predicted molar refractivity (Wildman–Crippen MR) is 94.2 cm³/mol. The zero-order chi connectivity index (χ0) is 18.4. The number of hydrogen-bond acceptors (Lipinski definition) is 6. The van der Waals surface area contributed by atoms with Gasteiger partial charge < -0.3 is 14.5 Å². The van der Waals surface area contributed by atoms with Gasteiger partial charge in [-0.1, -0.05) is 5.92 Å². The first-order chi connectivity index (χ1) is 12.0. The minimum absolute atomic E-state index is 0.0869. The van der Waals surface area contributed by atoms with E-state index in [4.69, 9.17) is 11.2 Å². The molecule has 2 rings (SSSR count). The van der Waals surface area contributed by atoms with Crippen molar-refractivity contribution in [2.45, 2.75) is 18.6 Å². The second kappa shape index (κ2) is 9.08. The third kappa shape index (κ3) is 4.26. The van der Waals surface area contributed by atoms with Gasteiger partial charge in [-0.05, 0) is 18.4 Å². The lowest BCUT2D eigenvalue weighted by molar-refractivity contribution is -0.196. The second-order valence-corrected chi connectivity index (χ2v) is 6.91. The van der Waals surface area contributed by atoms with Crippen molar-refractivity contribution in [3.8, 4) is 12.3 Å². The highest BCUT2D eigenvalue weighted by Crippen LogP contribution is 2.26. The standard InChI is InChI=1S/C16H24N4O4S/c1-4-7-24-8-6-18-10-14-19(12-21)17(2)11-15(22)20(14)13(16(18)23)5-9-25-3/h1,12-14H,5-11H2,2-3H3/t13-,14?/m0/s1. The van der Waals surface area contributed by atoms with Crippen LogP contribution in [0.1, 0.15) is 6.42 Å². The summed E-state index contributed by atoms with van der Waals surface area (Å²) in [7, 11) is 1.69. The minimum Gasteiger partial charge on any atom is -0.367 e. The van der Waals surface area contributed by atoms with Crippen LogP contribution in [0.2, 0.25) is 0 Å². The van der Waals surface area contributed by atoms with Crippen molar-refractivity contribution in [1.82, 2.24) is 19.8 Å². The lowest BCUT2D eigenvalue weighted by Crippen LogP contribution is -2.74. The number of hydrogen-bond donors (Lipinski definition) is 0. The van der Waals surface area contributed by atoms with Crippen LogP contribution in [0.15, 0.2) is 0 Å². The molecule has 2 atom stereocenters. The summed E-state index contributed by atoms with van der Waals surface area (Å²) in [6.45, 7) is 1.25. The predicted octanol–water partition coefficient (Wildman–Crippen LogP) is -0.926. The number of hydrazine groups is 1. The zero-order valence-corrected chi connectivity index (χ0v) is 15.4. The molecule has 0 aromatic rings. The Labute approximate surface area is 152 Å². The molecule has 0 bridgehead atoms. The molecule has 138 valence electrons. The SMILES string of the molecule is C#CCOCCN1CC2N(C(=O)CN(C)N2C=O)[C@@H](CCSC)C1=O. The van der Waals surface area contributed by atoms with E-state index in [1.165, 1.54) is 5.01 Å². The first-order valence-electron chi connectivity index (χ1n) is 8.10. The maximum absolute atomic E-state index is 12.9. The van der Waals surface area contributed by atoms with Crippen LogP contribution in [-0.4, -0.2) is 102 Å². The molecule has 3 amide bonds. The molecule has 0 aromatic heterocycles. The lowest BCUT2D eigenvalue weighted by atomic mass is 10.0. The summed E-state index contributed by atoms with van der Waals surface area (Å²) in [6, 6.07) is -0.553. The highest BCUT2D eigenvalue weighted by Gasteiger charge is 2.48. The smallest absolute Gasteiger partial charge is 0.245 e. The molecule has 2 saturated heterocycles. The molecule has 2 aliphatic heterocycles. The van der Waals surface area contributed by atoms with Crippen LogP contribution >= 0.6 is 11.8 Å². The minimum atomic E-state index is -0.553. The quantitative estimate of drug-likeness (QED) is 0.313. The number of terminal acetylenes is 1. The number of carbonyl (C=O) groups excluding carboxylic acids is 3. The van der Waals surface area contributed by atoms with Crippen molar-refractivity contribution in [2.75, 3.05) is 51.9 Å². The van der Waals surface area contributed by atoms with Crippen LogP contribution < -0.4 is 0 Å². The molecule has 0 aliphatic carbocycles. The number of rotatable bonds is 8. The van der Waals surface area contributed by atoms with Gasteiger partial charge in [-0.2, -0.15) is 11.8 Å². The average molecular weight is 368 g/mol. The van der Waals surface area contributed by atoms with Crippen LogP contribution in [0, 0.1) is 12.3 Å². The van der Waals surface area contributed by atoms with Crippen LogP contribution in [0.4, 0.5) is 0 Å². The zero-order valence-electron chi connectivity index (χ0n) is 14.6. The summed E-state index contributed by atoms with van der Waals surface area (Å²) in [6.07, 6.45) is 7.89. The van der Waals surface area contributed by atoms with Crippen molar-refractivity contribution in [3.63, 3.8) is 0 Å². The van der Waals surface area contributed by atoms with Gasteiger partial charge in [0.1, 0.15) is 18.8 Å². The molecule has 1 unspecified atom stereocenters. The Morgan fingerprint density at radius 2 is 2.20 bits per heavy atom. The van der Waals surface area contributed by atoms with Gasteiger partial charge in [0.15, 0.2) is 0 Å². The van der Waals surface area contributed by atoms with E-state index in [-0.39, 0.29) is 31.5 Å². The lowest BCUT2D eigenvalue weighted by Gasteiger charge is -2.53. The monoisotopic (exact) mass is 368 g/mol. The molecule has 8 nitrogen and oxygen atoms in total. The molecular formula is C16H24N4O4S. The molecular weight excluding hydrogens is 344 g/mol. The molecule has 0 spiro atoms. The second-order valence-electron chi connectivity index (χ2n) is 5.92. The van der Waals surface area contributed by atoms with Crippen LogP contribution in [0.3, 0.4) is 0 Å². The van der Waals surface area contributed by atoms with Gasteiger partial charge >= 0.3 is 0 Å². The summed E-state index contributed by atoms with van der Waals surface area (Å²) in [5.41, 5.74) is 0. The van der Waals surface area contributed by atoms with E-state index in [0.29, 0.717) is 26.0 Å². The van der Waals surface area contributed by atoms with E-state index in [1.54, 1.807) is 33.6 Å². The van der Waals surface area contributed by atoms with E-state index in [1.807, 2.05) is 6.26 Å². The van der Waals surface area contributed by atoms with Crippen LogP contribution in [0.25, 0.3) is 0 Å². The third-order valence-corrected chi connectivity index (χ3v) is 5.03. The van der Waals surface area contributed by atoms with Crippen LogP contribution in [-0.2, 0) is 19.1 Å². The summed E-state index contributed by atoms with van der Waals surface area (Å²) >= 11 is 1.62. The molecule has 2 heterocycles. The number of nitrogens with zero attached hydrogens (tertiary/aromatic N) is 4. The summed E-state index contributed by atoms with van der Waals surface area (Å²) in [4.78, 5) is 40.2. The number of piperazine rings is 1. The molecule has 25 heavy (non-hydrogen) atoms. The molecule has 0 N–H and O–H groups in total. The fraction of sp³-hybridized carbons (Fsp3) is 0.688. The first-order valence-corrected chi connectivity index (χ1v) is 9.49. The molecule has 9 heteroatoms. The topological polar surface area (TPSA) is 73.4 Å². The Balaban J connectivity index is 2.20. The van der Waals surface area contributed by atoms with E-state index < -0.39 is 12.2 Å².